The van der Waals surface area contributed by atoms with Gasteiger partial charge in [-0.05, 0) is 56.8 Å². The quantitative estimate of drug-likeness (QED) is 0.665. The summed E-state index contributed by atoms with van der Waals surface area (Å²) in [5.74, 6) is 0.808. The Balaban J connectivity index is 1.87. The molecule has 2 N–H and O–H groups in total. The van der Waals surface area contributed by atoms with E-state index >= 15 is 0 Å². The number of ether oxygens (including phenoxy) is 2. The summed E-state index contributed by atoms with van der Waals surface area (Å²) in [5, 5.41) is 12.7. The number of hydrogen-bond acceptors (Lipinski definition) is 5. The smallest absolute Gasteiger partial charge is 0.317 e. The van der Waals surface area contributed by atoms with Gasteiger partial charge in [0.15, 0.2) is 11.5 Å². The molecule has 1 aromatic rings. The van der Waals surface area contributed by atoms with E-state index in [1.807, 2.05) is 17.9 Å². The van der Waals surface area contributed by atoms with Crippen molar-refractivity contribution in [3.63, 3.8) is 0 Å². The van der Waals surface area contributed by atoms with Crippen molar-refractivity contribution in [1.82, 2.24) is 10.2 Å². The maximum absolute atomic E-state index is 10.9. The topological polar surface area (TPSA) is 71.0 Å². The molecule has 0 radical (unpaired) electrons. The number of hydrogen-bond donors (Lipinski definition) is 2. The minimum absolute atomic E-state index is 0.133. The minimum atomic E-state index is -0.749. The first-order valence-electron chi connectivity index (χ1n) is 9.31. The number of carbonyl (C=O) groups is 1. The van der Waals surface area contributed by atoms with E-state index in [2.05, 4.69) is 25.2 Å². The standard InChI is InChI=1S/C20H32N2O4/c1-6-22(12-19(23)24)17-10-16(11-17)21-13(2)9-15-7-8-18(25-4)20(26-5)14(15)3/h7-8,13,16-17,21H,6,9-12H2,1-5H3,(H,23,24). The Morgan fingerprint density at radius 1 is 1.35 bits per heavy atom. The molecule has 0 heterocycles. The second kappa shape index (κ2) is 9.24. The third kappa shape index (κ3) is 4.89. The average Bonchev–Trinajstić information content (AvgIpc) is 2.57. The summed E-state index contributed by atoms with van der Waals surface area (Å²) in [4.78, 5) is 13.0. The van der Waals surface area contributed by atoms with E-state index in [0.717, 1.165) is 42.9 Å². The monoisotopic (exact) mass is 364 g/mol. The molecule has 1 aliphatic carbocycles. The second-order valence-electron chi connectivity index (χ2n) is 7.14. The first-order chi connectivity index (χ1) is 12.4. The van der Waals surface area contributed by atoms with E-state index in [-0.39, 0.29) is 6.54 Å². The van der Waals surface area contributed by atoms with Gasteiger partial charge in [-0.15, -0.1) is 0 Å². The number of benzene rings is 1. The Bertz CT molecular complexity index is 614. The number of nitrogens with one attached hydrogen (secondary N) is 1. The van der Waals surface area contributed by atoms with E-state index in [0.29, 0.717) is 18.1 Å². The van der Waals surface area contributed by atoms with Gasteiger partial charge in [-0.2, -0.15) is 0 Å². The lowest BCUT2D eigenvalue weighted by atomic mass is 9.84. The molecule has 146 valence electrons. The van der Waals surface area contributed by atoms with Crippen molar-refractivity contribution in [3.05, 3.63) is 23.3 Å². The van der Waals surface area contributed by atoms with Gasteiger partial charge in [0.2, 0.25) is 0 Å². The van der Waals surface area contributed by atoms with Crippen LogP contribution in [0.2, 0.25) is 0 Å². The summed E-state index contributed by atoms with van der Waals surface area (Å²) >= 11 is 0. The highest BCUT2D eigenvalue weighted by Crippen LogP contribution is 2.33. The number of methoxy groups -OCH3 is 2. The number of rotatable bonds is 10. The molecule has 0 aromatic heterocycles. The molecule has 0 aliphatic heterocycles. The van der Waals surface area contributed by atoms with Gasteiger partial charge in [-0.1, -0.05) is 13.0 Å². The summed E-state index contributed by atoms with van der Waals surface area (Å²) in [7, 11) is 3.32. The number of aliphatic carboxylic acids is 1. The molecule has 1 unspecified atom stereocenters. The highest BCUT2D eigenvalue weighted by atomic mass is 16.5. The van der Waals surface area contributed by atoms with Crippen molar-refractivity contribution in [3.8, 4) is 11.5 Å². The van der Waals surface area contributed by atoms with Crippen molar-refractivity contribution in [2.75, 3.05) is 27.3 Å². The molecule has 1 atom stereocenters. The van der Waals surface area contributed by atoms with Crippen LogP contribution >= 0.6 is 0 Å². The molecule has 0 bridgehead atoms. The highest BCUT2D eigenvalue weighted by Gasteiger charge is 2.34. The minimum Gasteiger partial charge on any atom is -0.493 e. The van der Waals surface area contributed by atoms with Gasteiger partial charge in [0, 0.05) is 18.1 Å². The Kier molecular flexibility index (Phi) is 7.29. The number of likely N-dealkylation sites (N-methyl/N-ethyl adjacent to an activating group) is 1. The average molecular weight is 364 g/mol. The van der Waals surface area contributed by atoms with Crippen LogP contribution in [0.1, 0.15) is 37.8 Å². The lowest BCUT2D eigenvalue weighted by Crippen LogP contribution is -2.55. The molecule has 1 fully saturated rings. The number of nitrogens with zero attached hydrogens (tertiary/aromatic N) is 1. The van der Waals surface area contributed by atoms with E-state index in [1.54, 1.807) is 14.2 Å². The fraction of sp³-hybridized carbons (Fsp3) is 0.650. The van der Waals surface area contributed by atoms with Crippen molar-refractivity contribution in [2.45, 2.75) is 58.2 Å². The molecule has 6 heteroatoms. The summed E-state index contributed by atoms with van der Waals surface area (Å²) in [6.45, 7) is 7.19. The first kappa shape index (κ1) is 20.5. The van der Waals surface area contributed by atoms with Crippen LogP contribution in [0.3, 0.4) is 0 Å². The van der Waals surface area contributed by atoms with E-state index in [4.69, 9.17) is 14.6 Å². The van der Waals surface area contributed by atoms with Gasteiger partial charge in [0.25, 0.3) is 0 Å². The summed E-state index contributed by atoms with van der Waals surface area (Å²) in [5.41, 5.74) is 2.37. The Hall–Kier alpha value is -1.79. The molecule has 0 spiro atoms. The second-order valence-corrected chi connectivity index (χ2v) is 7.14. The molecular formula is C20H32N2O4. The predicted octanol–water partition coefficient (Wildman–Crippen LogP) is 2.47. The molecule has 0 amide bonds. The zero-order chi connectivity index (χ0) is 19.3. The van der Waals surface area contributed by atoms with Crippen LogP contribution in [-0.2, 0) is 11.2 Å². The fourth-order valence-corrected chi connectivity index (χ4v) is 3.83. The molecule has 1 aliphatic rings. The Morgan fingerprint density at radius 3 is 2.58 bits per heavy atom. The van der Waals surface area contributed by atoms with Gasteiger partial charge < -0.3 is 19.9 Å². The molecule has 2 rings (SSSR count). The van der Waals surface area contributed by atoms with Crippen LogP contribution < -0.4 is 14.8 Å². The summed E-state index contributed by atoms with van der Waals surface area (Å²) in [6, 6.07) is 5.23. The van der Waals surface area contributed by atoms with Crippen LogP contribution in [0.4, 0.5) is 0 Å². The molecular weight excluding hydrogens is 332 g/mol. The van der Waals surface area contributed by atoms with Crippen molar-refractivity contribution in [1.29, 1.82) is 0 Å². The Labute approximate surface area is 156 Å². The maximum atomic E-state index is 10.9. The van der Waals surface area contributed by atoms with Gasteiger partial charge >= 0.3 is 5.97 Å². The summed E-state index contributed by atoms with van der Waals surface area (Å²) in [6.07, 6.45) is 2.94. The molecule has 1 aromatic carbocycles. The largest absolute Gasteiger partial charge is 0.493 e. The normalized spacial score (nSPS) is 20.5. The summed E-state index contributed by atoms with van der Waals surface area (Å²) < 4.78 is 10.8. The SMILES string of the molecule is CCN(CC(=O)O)C1CC(NC(C)Cc2ccc(OC)c(OC)c2C)C1. The van der Waals surface area contributed by atoms with Crippen LogP contribution in [0, 0.1) is 6.92 Å². The number of carboxylic acid groups (broad SMARTS) is 1. The zero-order valence-corrected chi connectivity index (χ0v) is 16.5. The van der Waals surface area contributed by atoms with Crippen LogP contribution in [0.5, 0.6) is 11.5 Å². The van der Waals surface area contributed by atoms with Crippen molar-refractivity contribution < 1.29 is 19.4 Å². The Morgan fingerprint density at radius 2 is 2.04 bits per heavy atom. The van der Waals surface area contributed by atoms with Crippen LogP contribution in [0.25, 0.3) is 0 Å². The predicted molar refractivity (Wildman–Crippen MR) is 102 cm³/mol. The first-order valence-corrected chi connectivity index (χ1v) is 9.31. The van der Waals surface area contributed by atoms with E-state index < -0.39 is 5.97 Å². The lowest BCUT2D eigenvalue weighted by Gasteiger charge is -2.43. The van der Waals surface area contributed by atoms with Crippen molar-refractivity contribution in [2.24, 2.45) is 0 Å². The third-order valence-corrected chi connectivity index (χ3v) is 5.33. The van der Waals surface area contributed by atoms with Gasteiger partial charge in [-0.3, -0.25) is 9.69 Å². The molecule has 1 saturated carbocycles. The highest BCUT2D eigenvalue weighted by molar-refractivity contribution is 5.69. The molecule has 26 heavy (non-hydrogen) atoms. The van der Waals surface area contributed by atoms with Gasteiger partial charge in [-0.25, -0.2) is 0 Å². The van der Waals surface area contributed by atoms with E-state index in [1.165, 1.54) is 5.56 Å². The van der Waals surface area contributed by atoms with Crippen LogP contribution in [-0.4, -0.2) is 61.4 Å². The van der Waals surface area contributed by atoms with Gasteiger partial charge in [0.1, 0.15) is 0 Å². The van der Waals surface area contributed by atoms with Crippen LogP contribution in [0.15, 0.2) is 12.1 Å². The van der Waals surface area contributed by atoms with Gasteiger partial charge in [0.05, 0.1) is 20.8 Å². The fourth-order valence-electron chi connectivity index (χ4n) is 3.83. The number of carboxylic acids is 1. The maximum Gasteiger partial charge on any atom is 0.317 e. The third-order valence-electron chi connectivity index (χ3n) is 5.33. The van der Waals surface area contributed by atoms with Crippen molar-refractivity contribution >= 4 is 5.97 Å². The van der Waals surface area contributed by atoms with E-state index in [9.17, 15) is 4.79 Å². The lowest BCUT2D eigenvalue weighted by molar-refractivity contribution is -0.139. The molecule has 0 saturated heterocycles. The zero-order valence-electron chi connectivity index (χ0n) is 16.5. The molecule has 6 nitrogen and oxygen atoms in total.